The molecule has 1 aromatic rings. The van der Waals surface area contributed by atoms with E-state index in [9.17, 15) is 13.6 Å². The van der Waals surface area contributed by atoms with E-state index in [0.29, 0.717) is 0 Å². The average molecular weight is 453 g/mol. The number of aliphatic hydroxyl groups excluding tert-OH is 1. The Hall–Kier alpha value is -0.647. The Morgan fingerprint density at radius 2 is 2.06 bits per heavy atom. The Kier molecular flexibility index (Phi) is 4.25. The van der Waals surface area contributed by atoms with Crippen LogP contribution in [-0.4, -0.2) is 59.5 Å². The molecule has 1 aliphatic rings. The van der Waals surface area contributed by atoms with Gasteiger partial charge in [0.2, 0.25) is 0 Å². The predicted molar refractivity (Wildman–Crippen MR) is 58.6 cm³/mol. The zero-order chi connectivity index (χ0) is 13.2. The summed E-state index contributed by atoms with van der Waals surface area (Å²) in [6.45, 7) is -0.665. The topological polar surface area (TPSA) is 55.8 Å². The summed E-state index contributed by atoms with van der Waals surface area (Å²) in [6, 6.07) is 8.99. The van der Waals surface area contributed by atoms with Gasteiger partial charge < -0.3 is 0 Å². The number of rotatable bonds is 4. The Bertz CT molecular complexity index is 426. The van der Waals surface area contributed by atoms with Crippen LogP contribution in [0.5, 0.6) is 0 Å². The molecule has 0 aromatic heterocycles. The van der Waals surface area contributed by atoms with Crippen LogP contribution in [0.25, 0.3) is 0 Å². The van der Waals surface area contributed by atoms with Gasteiger partial charge >= 0.3 is 114 Å². The van der Waals surface area contributed by atoms with E-state index in [1.54, 1.807) is 24.3 Å². The van der Waals surface area contributed by atoms with Gasteiger partial charge in [0.25, 0.3) is 0 Å². The molecule has 1 radical (unpaired) electrons. The fourth-order valence-electron chi connectivity index (χ4n) is 1.50. The van der Waals surface area contributed by atoms with Gasteiger partial charge in [0.05, 0.1) is 0 Å². The first-order chi connectivity index (χ1) is 8.55. The normalized spacial score (nSPS) is 26.1. The van der Waals surface area contributed by atoms with Crippen molar-refractivity contribution in [3.63, 3.8) is 0 Å². The van der Waals surface area contributed by atoms with Crippen LogP contribution in [0.1, 0.15) is 0 Å². The van der Waals surface area contributed by atoms with Crippen LogP contribution in [0, 0.1) is 0 Å². The second-order valence-corrected chi connectivity index (χ2v) is 7.24. The average Bonchev–Trinajstić information content (AvgIpc) is 2.59. The van der Waals surface area contributed by atoms with Crippen molar-refractivity contribution in [1.29, 1.82) is 0 Å². The maximum atomic E-state index is 13.5. The molecule has 2 rings (SSSR count). The van der Waals surface area contributed by atoms with E-state index >= 15 is 0 Å². The molecule has 1 aromatic carbocycles. The Morgan fingerprint density at radius 3 is 2.67 bits per heavy atom. The number of hydrogen-bond acceptors (Lipinski definition) is 4. The Morgan fingerprint density at radius 1 is 1.39 bits per heavy atom. The third-order valence-corrected chi connectivity index (χ3v) is 5.70. The van der Waals surface area contributed by atoms with Crippen molar-refractivity contribution in [2.45, 2.75) is 18.1 Å². The van der Waals surface area contributed by atoms with Crippen molar-refractivity contribution < 1.29 is 26.2 Å². The fraction of sp³-hybridized carbons (Fsp3) is 0.364. The van der Waals surface area contributed by atoms with Gasteiger partial charge in [0.1, 0.15) is 0 Å². The van der Waals surface area contributed by atoms with Crippen LogP contribution in [0.2, 0.25) is 0 Å². The van der Waals surface area contributed by atoms with Gasteiger partial charge in [-0.3, -0.25) is 0 Å². The maximum absolute atomic E-state index is 13.5. The van der Waals surface area contributed by atoms with Crippen LogP contribution >= 0.6 is 0 Å². The molecule has 1 aliphatic heterocycles. The molecule has 1 N–H and O–H groups in total. The molecule has 0 bridgehead atoms. The molecule has 1 fully saturated rings. The number of ether oxygens (including phenoxy) is 1. The van der Waals surface area contributed by atoms with Crippen molar-refractivity contribution in [2.75, 3.05) is 6.61 Å². The van der Waals surface area contributed by atoms with Crippen LogP contribution < -0.4 is 3.27 Å². The first kappa shape index (κ1) is 13.8. The molecule has 0 amide bonds. The third kappa shape index (κ3) is 2.68. The number of cyclic esters (lactones) is 1. The molecule has 2 atom stereocenters. The van der Waals surface area contributed by atoms with Gasteiger partial charge in [-0.15, -0.1) is 0 Å². The molecule has 7 heteroatoms. The van der Waals surface area contributed by atoms with E-state index in [2.05, 4.69) is 4.74 Å². The minimum absolute atomic E-state index is 0.665. The zero-order valence-electron chi connectivity index (χ0n) is 9.12. The van der Waals surface area contributed by atoms with Gasteiger partial charge in [0.15, 0.2) is 0 Å². The molecule has 97 valence electrons. The number of benzene rings is 1. The molecular weight excluding hydrogens is 443 g/mol. The summed E-state index contributed by atoms with van der Waals surface area (Å²) >= 11 is -1.79. The van der Waals surface area contributed by atoms with Gasteiger partial charge in [0, 0.05) is 0 Å². The summed E-state index contributed by atoms with van der Waals surface area (Å²) in [4.78, 5) is 10.9. The number of aliphatic hydroxyl groups is 1. The molecule has 0 saturated carbocycles. The van der Waals surface area contributed by atoms with Crippen molar-refractivity contribution >= 4 is 32.9 Å². The summed E-state index contributed by atoms with van der Waals surface area (Å²) in [5, 5.41) is 8.91. The van der Waals surface area contributed by atoms with E-state index in [1.807, 2.05) is 6.07 Å². The van der Waals surface area contributed by atoms with Crippen LogP contribution in [0.15, 0.2) is 30.3 Å². The fourth-order valence-corrected chi connectivity index (χ4v) is 4.60. The molecule has 0 aliphatic carbocycles. The van der Waals surface area contributed by atoms with Crippen molar-refractivity contribution in [2.24, 2.45) is 0 Å². The first-order valence-corrected chi connectivity index (χ1v) is 8.33. The number of hydrogen-bond donors (Lipinski definition) is 1. The standard InChI is InChI=1S/C6H5.C5H5F2O4.Bi/c1-2-4-6-5-3-1;6-5(7)3(9)2(1-8)11-4(5)10;/h1-5H;2-3,8H,1H2;/q;-1;+1/t;2-,3?;/m.1./s1. The SMILES string of the molecule is O=C1O[C@H](CO)C([O][Bi][c]2ccccc2)C1(F)F. The second kappa shape index (κ2) is 5.55. The van der Waals surface area contributed by atoms with Crippen LogP contribution in [0.4, 0.5) is 8.78 Å². The number of alkyl halides is 2. The van der Waals surface area contributed by atoms with Gasteiger partial charge in [-0.05, 0) is 0 Å². The summed E-state index contributed by atoms with van der Waals surface area (Å²) in [6.07, 6.45) is -2.95. The third-order valence-electron chi connectivity index (χ3n) is 2.43. The van der Waals surface area contributed by atoms with E-state index in [4.69, 9.17) is 7.92 Å². The molecule has 0 spiro atoms. The number of halogens is 2. The van der Waals surface area contributed by atoms with Crippen molar-refractivity contribution in [1.82, 2.24) is 0 Å². The van der Waals surface area contributed by atoms with E-state index in [0.717, 1.165) is 3.27 Å². The summed E-state index contributed by atoms with van der Waals surface area (Å²) < 4.78 is 37.4. The van der Waals surface area contributed by atoms with Gasteiger partial charge in [-0.25, -0.2) is 0 Å². The molecular formula is C11H10BiF2O4. The zero-order valence-corrected chi connectivity index (χ0v) is 12.6. The van der Waals surface area contributed by atoms with E-state index in [1.165, 1.54) is 0 Å². The van der Waals surface area contributed by atoms with E-state index in [-0.39, 0.29) is 0 Å². The number of carbonyl (C=O) groups excluding carboxylic acids is 1. The molecule has 1 heterocycles. The summed E-state index contributed by atoms with van der Waals surface area (Å²) in [7, 11) is 0. The summed E-state index contributed by atoms with van der Waals surface area (Å²) in [5.74, 6) is -5.30. The van der Waals surface area contributed by atoms with Crippen molar-refractivity contribution in [3.8, 4) is 0 Å². The van der Waals surface area contributed by atoms with Gasteiger partial charge in [-0.1, -0.05) is 0 Å². The van der Waals surface area contributed by atoms with E-state index < -0.39 is 54.4 Å². The molecule has 4 nitrogen and oxygen atoms in total. The van der Waals surface area contributed by atoms with Crippen LogP contribution in [0.3, 0.4) is 0 Å². The second-order valence-electron chi connectivity index (χ2n) is 3.70. The van der Waals surface area contributed by atoms with Crippen LogP contribution in [-0.2, 0) is 12.3 Å². The predicted octanol–water partition coefficient (Wildman–Crippen LogP) is -0.131. The van der Waals surface area contributed by atoms with Crippen molar-refractivity contribution in [3.05, 3.63) is 30.3 Å². The minimum atomic E-state index is -3.67. The summed E-state index contributed by atoms with van der Waals surface area (Å²) in [5.41, 5.74) is 0. The Balaban J connectivity index is 2.05. The molecule has 18 heavy (non-hydrogen) atoms. The van der Waals surface area contributed by atoms with Gasteiger partial charge in [-0.2, -0.15) is 0 Å². The number of esters is 1. The Labute approximate surface area is 114 Å². The first-order valence-electron chi connectivity index (χ1n) is 5.17. The number of carbonyl (C=O) groups is 1. The quantitative estimate of drug-likeness (QED) is 0.510. The molecule has 1 unspecified atom stereocenters. The molecule has 1 saturated heterocycles. The monoisotopic (exact) mass is 453 g/mol.